The Kier molecular flexibility index (Phi) is 6.50. The second-order valence-electron chi connectivity index (χ2n) is 5.94. The van der Waals surface area contributed by atoms with Crippen molar-refractivity contribution in [3.8, 4) is 5.75 Å². The third kappa shape index (κ3) is 5.51. The minimum Gasteiger partial charge on any atom is -0.495 e. The maximum Gasteiger partial charge on any atom is 0.265 e. The van der Waals surface area contributed by atoms with Crippen molar-refractivity contribution in [3.05, 3.63) is 41.6 Å². The summed E-state index contributed by atoms with van der Waals surface area (Å²) in [5.74, 6) is 1.52. The zero-order chi connectivity index (χ0) is 18.4. The first-order valence-corrected chi connectivity index (χ1v) is 9.74. The number of sulfonamides is 1. The van der Waals surface area contributed by atoms with Gasteiger partial charge < -0.3 is 10.1 Å². The number of rotatable bonds is 8. The van der Waals surface area contributed by atoms with Gasteiger partial charge in [-0.3, -0.25) is 4.72 Å². The predicted molar refractivity (Wildman–Crippen MR) is 101 cm³/mol. The van der Waals surface area contributed by atoms with Crippen LogP contribution in [0.15, 0.2) is 41.4 Å². The Morgan fingerprint density at radius 3 is 2.60 bits per heavy atom. The molecule has 0 amide bonds. The molecule has 1 heterocycles. The van der Waals surface area contributed by atoms with E-state index in [0.717, 1.165) is 13.0 Å². The molecule has 2 rings (SSSR count). The molecule has 1 aromatic heterocycles. The summed E-state index contributed by atoms with van der Waals surface area (Å²) in [6, 6.07) is 7.81. The Bertz CT molecular complexity index is 808. The van der Waals surface area contributed by atoms with Gasteiger partial charge in [0.15, 0.2) is 0 Å². The van der Waals surface area contributed by atoms with Crippen LogP contribution in [0.3, 0.4) is 0 Å². The number of pyridine rings is 1. The lowest BCUT2D eigenvalue weighted by molar-refractivity contribution is 0.403. The first-order chi connectivity index (χ1) is 11.8. The highest BCUT2D eigenvalue weighted by molar-refractivity contribution is 7.92. The van der Waals surface area contributed by atoms with E-state index in [1.54, 1.807) is 18.2 Å². The summed E-state index contributed by atoms with van der Waals surface area (Å²) in [5.41, 5.74) is 0.358. The van der Waals surface area contributed by atoms with Gasteiger partial charge in [0, 0.05) is 11.6 Å². The van der Waals surface area contributed by atoms with E-state index in [1.807, 2.05) is 0 Å². The molecule has 0 aliphatic heterocycles. The van der Waals surface area contributed by atoms with E-state index in [0.29, 0.717) is 22.4 Å². The molecule has 0 spiro atoms. The summed E-state index contributed by atoms with van der Waals surface area (Å²) in [4.78, 5) is 4.19. The Morgan fingerprint density at radius 2 is 2.00 bits per heavy atom. The summed E-state index contributed by atoms with van der Waals surface area (Å²) in [5, 5.41) is 3.51. The number of benzene rings is 1. The van der Waals surface area contributed by atoms with Crippen molar-refractivity contribution < 1.29 is 13.2 Å². The quantitative estimate of drug-likeness (QED) is 0.720. The second-order valence-corrected chi connectivity index (χ2v) is 8.03. The fraction of sp³-hybridized carbons (Fsp3) is 0.353. The molecular formula is C17H22ClN3O3S. The molecule has 0 saturated carbocycles. The normalized spacial score (nSPS) is 11.4. The molecule has 2 N–H and O–H groups in total. The van der Waals surface area contributed by atoms with E-state index in [-0.39, 0.29) is 10.6 Å². The molecule has 0 radical (unpaired) electrons. The van der Waals surface area contributed by atoms with E-state index in [4.69, 9.17) is 16.3 Å². The summed E-state index contributed by atoms with van der Waals surface area (Å²) in [6.45, 7) is 5.11. The number of ether oxygens (including phenoxy) is 1. The first-order valence-electron chi connectivity index (χ1n) is 7.88. The van der Waals surface area contributed by atoms with Gasteiger partial charge in [0.1, 0.15) is 16.5 Å². The summed E-state index contributed by atoms with van der Waals surface area (Å²) >= 11 is 5.91. The van der Waals surface area contributed by atoms with Gasteiger partial charge in [0.2, 0.25) is 0 Å². The number of methoxy groups -OCH3 is 1. The topological polar surface area (TPSA) is 80.3 Å². The van der Waals surface area contributed by atoms with Gasteiger partial charge >= 0.3 is 0 Å². The molecular weight excluding hydrogens is 362 g/mol. The molecule has 25 heavy (non-hydrogen) atoms. The molecule has 6 nitrogen and oxygen atoms in total. The monoisotopic (exact) mass is 383 g/mol. The van der Waals surface area contributed by atoms with Crippen LogP contribution in [0.25, 0.3) is 0 Å². The van der Waals surface area contributed by atoms with Gasteiger partial charge in [-0.1, -0.05) is 25.4 Å². The van der Waals surface area contributed by atoms with Crippen LogP contribution in [0.2, 0.25) is 5.02 Å². The molecule has 2 aromatic rings. The van der Waals surface area contributed by atoms with E-state index in [2.05, 4.69) is 28.9 Å². The highest BCUT2D eigenvalue weighted by atomic mass is 35.5. The standard InChI is InChI=1S/C17H22ClN3O3S/c1-12(2)8-9-19-17-7-5-14(11-20-17)21-25(22,23)16-10-13(18)4-6-15(16)24-3/h4-7,10-12,21H,8-9H2,1-3H3,(H,19,20). The van der Waals surface area contributed by atoms with Crippen LogP contribution >= 0.6 is 11.6 Å². The first kappa shape index (κ1) is 19.3. The molecule has 0 aliphatic carbocycles. The molecule has 1 aromatic carbocycles. The molecule has 0 atom stereocenters. The zero-order valence-corrected chi connectivity index (χ0v) is 16.0. The maximum atomic E-state index is 12.6. The van der Waals surface area contributed by atoms with Gasteiger partial charge in [-0.25, -0.2) is 13.4 Å². The van der Waals surface area contributed by atoms with Gasteiger partial charge in [-0.15, -0.1) is 0 Å². The molecule has 8 heteroatoms. The fourth-order valence-corrected chi connectivity index (χ4v) is 3.59. The number of nitrogens with one attached hydrogen (secondary N) is 2. The van der Waals surface area contributed by atoms with E-state index >= 15 is 0 Å². The third-order valence-electron chi connectivity index (χ3n) is 3.46. The summed E-state index contributed by atoms with van der Waals surface area (Å²) < 4.78 is 32.7. The minimum atomic E-state index is -3.84. The van der Waals surface area contributed by atoms with Crippen LogP contribution in [0.5, 0.6) is 5.75 Å². The highest BCUT2D eigenvalue weighted by Crippen LogP contribution is 2.28. The van der Waals surface area contributed by atoms with Crippen molar-refractivity contribution in [2.24, 2.45) is 5.92 Å². The average molecular weight is 384 g/mol. The number of nitrogens with zero attached hydrogens (tertiary/aromatic N) is 1. The molecule has 136 valence electrons. The Labute approximate surface area is 153 Å². The fourth-order valence-electron chi connectivity index (χ4n) is 2.12. The molecule has 0 saturated heterocycles. The van der Waals surface area contributed by atoms with Crippen molar-refractivity contribution in [1.82, 2.24) is 4.98 Å². The van der Waals surface area contributed by atoms with Crippen LogP contribution in [0.4, 0.5) is 11.5 Å². The van der Waals surface area contributed by atoms with E-state index in [9.17, 15) is 8.42 Å². The van der Waals surface area contributed by atoms with Crippen LogP contribution in [0, 0.1) is 5.92 Å². The zero-order valence-electron chi connectivity index (χ0n) is 14.4. The molecule has 0 bridgehead atoms. The van der Waals surface area contributed by atoms with E-state index in [1.165, 1.54) is 25.4 Å². The largest absolute Gasteiger partial charge is 0.495 e. The van der Waals surface area contributed by atoms with Crippen molar-refractivity contribution in [3.63, 3.8) is 0 Å². The van der Waals surface area contributed by atoms with Crippen molar-refractivity contribution >= 4 is 33.1 Å². The maximum absolute atomic E-state index is 12.6. The Morgan fingerprint density at radius 1 is 1.24 bits per heavy atom. The smallest absolute Gasteiger partial charge is 0.265 e. The third-order valence-corrected chi connectivity index (χ3v) is 5.10. The molecule has 0 unspecified atom stereocenters. The SMILES string of the molecule is COc1ccc(Cl)cc1S(=O)(=O)Nc1ccc(NCCC(C)C)nc1. The van der Waals surface area contributed by atoms with Crippen LogP contribution < -0.4 is 14.8 Å². The average Bonchev–Trinajstić information content (AvgIpc) is 2.56. The lowest BCUT2D eigenvalue weighted by atomic mass is 10.1. The Balaban J connectivity index is 2.12. The summed E-state index contributed by atoms with van der Waals surface area (Å²) in [6.07, 6.45) is 2.50. The highest BCUT2D eigenvalue weighted by Gasteiger charge is 2.20. The number of hydrogen-bond donors (Lipinski definition) is 2. The lowest BCUT2D eigenvalue weighted by Crippen LogP contribution is -2.14. The molecule has 0 aliphatic rings. The number of aromatic nitrogens is 1. The lowest BCUT2D eigenvalue weighted by Gasteiger charge is -2.12. The van der Waals surface area contributed by atoms with Crippen LogP contribution in [-0.4, -0.2) is 27.1 Å². The number of hydrogen-bond acceptors (Lipinski definition) is 5. The minimum absolute atomic E-state index is 0.0263. The summed E-state index contributed by atoms with van der Waals surface area (Å²) in [7, 11) is -2.44. The second kappa shape index (κ2) is 8.40. The van der Waals surface area contributed by atoms with Crippen molar-refractivity contribution in [2.45, 2.75) is 25.2 Å². The molecule has 0 fully saturated rings. The Hall–Kier alpha value is -1.99. The van der Waals surface area contributed by atoms with Crippen molar-refractivity contribution in [2.75, 3.05) is 23.7 Å². The van der Waals surface area contributed by atoms with Gasteiger partial charge in [0.25, 0.3) is 10.0 Å². The van der Waals surface area contributed by atoms with Gasteiger partial charge in [0.05, 0.1) is 19.0 Å². The van der Waals surface area contributed by atoms with Gasteiger partial charge in [-0.2, -0.15) is 0 Å². The van der Waals surface area contributed by atoms with Crippen LogP contribution in [0.1, 0.15) is 20.3 Å². The van der Waals surface area contributed by atoms with E-state index < -0.39 is 10.0 Å². The van der Waals surface area contributed by atoms with Gasteiger partial charge in [-0.05, 0) is 42.7 Å². The van der Waals surface area contributed by atoms with Crippen LogP contribution in [-0.2, 0) is 10.0 Å². The number of anilines is 2. The number of halogens is 1. The van der Waals surface area contributed by atoms with Crippen molar-refractivity contribution in [1.29, 1.82) is 0 Å². The predicted octanol–water partition coefficient (Wildman–Crippen LogP) is 4.00.